The van der Waals surface area contributed by atoms with Crippen molar-refractivity contribution in [3.8, 4) is 0 Å². The van der Waals surface area contributed by atoms with Crippen LogP contribution in [0.3, 0.4) is 0 Å². The van der Waals surface area contributed by atoms with Gasteiger partial charge in [0.2, 0.25) is 5.91 Å². The minimum Gasteiger partial charge on any atom is -0.481 e. The number of ether oxygens (including phenoxy) is 1. The fourth-order valence-electron chi connectivity index (χ4n) is 6.33. The van der Waals surface area contributed by atoms with Crippen LogP contribution in [0.15, 0.2) is 23.8 Å². The van der Waals surface area contributed by atoms with Gasteiger partial charge in [0.05, 0.1) is 24.5 Å². The number of carboxylic acids is 1. The number of aliphatic hydroxyl groups excluding tert-OH is 2. The maximum atomic E-state index is 12.9. The predicted octanol–water partition coefficient (Wildman–Crippen LogP) is 4.25. The molecule has 9 atom stereocenters. The van der Waals surface area contributed by atoms with Gasteiger partial charge in [-0.25, -0.2) is 0 Å². The summed E-state index contributed by atoms with van der Waals surface area (Å²) < 4.78 is 5.83. The maximum absolute atomic E-state index is 12.9. The average molecular weight is 536 g/mol. The van der Waals surface area contributed by atoms with Crippen LogP contribution in [-0.4, -0.2) is 58.0 Å². The van der Waals surface area contributed by atoms with Crippen LogP contribution >= 0.6 is 0 Å². The van der Waals surface area contributed by atoms with E-state index in [1.165, 1.54) is 6.92 Å². The van der Waals surface area contributed by atoms with Crippen molar-refractivity contribution in [1.29, 1.82) is 0 Å². The Balaban J connectivity index is 2.35. The third-order valence-corrected chi connectivity index (χ3v) is 8.31. The number of allylic oxidation sites excluding steroid dienone is 2. The molecule has 0 saturated heterocycles. The van der Waals surface area contributed by atoms with E-state index in [1.54, 1.807) is 12.2 Å². The first-order valence-corrected chi connectivity index (χ1v) is 14.3. The summed E-state index contributed by atoms with van der Waals surface area (Å²) in [4.78, 5) is 36.3. The van der Waals surface area contributed by atoms with Crippen molar-refractivity contribution >= 4 is 17.8 Å². The van der Waals surface area contributed by atoms with E-state index in [2.05, 4.69) is 19.2 Å². The molecule has 8 nitrogen and oxygen atoms in total. The fraction of sp³-hybridized carbons (Fsp3) is 0.767. The van der Waals surface area contributed by atoms with Gasteiger partial charge in [0.1, 0.15) is 6.10 Å². The van der Waals surface area contributed by atoms with E-state index >= 15 is 0 Å². The number of aliphatic carboxylic acids is 1. The topological polar surface area (TPSA) is 133 Å². The van der Waals surface area contributed by atoms with Crippen LogP contribution in [0, 0.1) is 35.5 Å². The highest BCUT2D eigenvalue weighted by Gasteiger charge is 2.39. The van der Waals surface area contributed by atoms with Crippen LogP contribution in [0.5, 0.6) is 0 Å². The lowest BCUT2D eigenvalue weighted by Gasteiger charge is -2.29. The monoisotopic (exact) mass is 535 g/mol. The molecular weight excluding hydrogens is 486 g/mol. The third-order valence-electron chi connectivity index (χ3n) is 8.31. The normalized spacial score (nSPS) is 38.7. The van der Waals surface area contributed by atoms with Gasteiger partial charge in [-0.05, 0) is 61.3 Å². The number of carboxylic acid groups (broad SMARTS) is 1. The number of aliphatic hydroxyl groups is 2. The average Bonchev–Trinajstić information content (AvgIpc) is 3.31. The zero-order chi connectivity index (χ0) is 28.4. The molecule has 38 heavy (non-hydrogen) atoms. The summed E-state index contributed by atoms with van der Waals surface area (Å²) in [5.41, 5.74) is 0.694. The Morgan fingerprint density at radius 1 is 1.03 bits per heavy atom. The summed E-state index contributed by atoms with van der Waals surface area (Å²) in [6, 6.07) is 0. The molecule has 1 amide bonds. The largest absolute Gasteiger partial charge is 0.481 e. The van der Waals surface area contributed by atoms with E-state index in [1.807, 2.05) is 19.9 Å². The molecule has 0 spiro atoms. The van der Waals surface area contributed by atoms with Gasteiger partial charge >= 0.3 is 11.9 Å². The van der Waals surface area contributed by atoms with Crippen LogP contribution in [0.4, 0.5) is 0 Å². The van der Waals surface area contributed by atoms with Gasteiger partial charge in [-0.2, -0.15) is 0 Å². The Morgan fingerprint density at radius 3 is 2.32 bits per heavy atom. The quantitative estimate of drug-likeness (QED) is 0.396. The minimum absolute atomic E-state index is 0.0176. The number of nitrogens with one attached hydrogen (secondary N) is 1. The van der Waals surface area contributed by atoms with Crippen molar-refractivity contribution in [2.75, 3.05) is 6.54 Å². The third kappa shape index (κ3) is 10.2. The molecule has 2 rings (SSSR count). The van der Waals surface area contributed by atoms with E-state index in [9.17, 15) is 29.7 Å². The first kappa shape index (κ1) is 32.0. The van der Waals surface area contributed by atoms with Crippen molar-refractivity contribution in [2.45, 2.75) is 104 Å². The number of carbonyl (C=O) groups excluding carboxylic acids is 2. The van der Waals surface area contributed by atoms with Gasteiger partial charge < -0.3 is 25.4 Å². The summed E-state index contributed by atoms with van der Waals surface area (Å²) >= 11 is 0. The Morgan fingerprint density at radius 2 is 1.68 bits per heavy atom. The van der Waals surface area contributed by atoms with E-state index in [0.717, 1.165) is 25.7 Å². The molecule has 1 fully saturated rings. The number of carbonyl (C=O) groups is 3. The SMILES string of the molecule is CC(=O)NC/C1=C/C=C/C[C@@H]([C@@H]2CCC[C@H]2C(=O)O)OC(=O)C[C@H](O)[C@@H](C)C[C@@H](C)C[C@@H](C)C[C@H](C)[C@@H]1O. The standard InChI is InChI=1S/C30H49NO7/c1-18-13-19(2)15-21(4)29(35)23(17-31-22(5)32)9-6-7-12-27(24-10-8-11-25(24)30(36)37)38-28(34)16-26(33)20(3)14-18/h6-7,9,18-21,24-27,29,33,35H,8,10-17H2,1-5H3,(H,31,32)(H,36,37)/b7-6+,23-9-/t18-,19+,20-,21-,24+,25+,26-,27-,29-/m0/s1. The van der Waals surface area contributed by atoms with Gasteiger partial charge in [-0.3, -0.25) is 14.4 Å². The maximum Gasteiger partial charge on any atom is 0.308 e. The summed E-state index contributed by atoms with van der Waals surface area (Å²) in [5.74, 6) is -1.85. The summed E-state index contributed by atoms with van der Waals surface area (Å²) in [7, 11) is 0. The molecule has 8 heteroatoms. The molecule has 1 heterocycles. The zero-order valence-corrected chi connectivity index (χ0v) is 23.8. The Labute approximate surface area is 227 Å². The fourth-order valence-corrected chi connectivity index (χ4v) is 6.33. The second-order valence-electron chi connectivity index (χ2n) is 12.0. The van der Waals surface area contributed by atoms with Crippen molar-refractivity contribution in [3.05, 3.63) is 23.8 Å². The Bertz CT molecular complexity index is 854. The summed E-state index contributed by atoms with van der Waals surface area (Å²) in [5, 5.41) is 34.4. The van der Waals surface area contributed by atoms with Crippen molar-refractivity contribution < 1.29 is 34.4 Å². The van der Waals surface area contributed by atoms with Crippen molar-refractivity contribution in [3.63, 3.8) is 0 Å². The van der Waals surface area contributed by atoms with Crippen LogP contribution in [-0.2, 0) is 19.1 Å². The van der Waals surface area contributed by atoms with Crippen LogP contribution in [0.25, 0.3) is 0 Å². The van der Waals surface area contributed by atoms with E-state index < -0.39 is 36.2 Å². The Kier molecular flexibility index (Phi) is 13.0. The van der Waals surface area contributed by atoms with Gasteiger partial charge in [-0.15, -0.1) is 0 Å². The summed E-state index contributed by atoms with van der Waals surface area (Å²) in [6.45, 7) is 9.94. The molecule has 0 bridgehead atoms. The highest BCUT2D eigenvalue weighted by Crippen LogP contribution is 2.37. The highest BCUT2D eigenvalue weighted by atomic mass is 16.5. The highest BCUT2D eigenvalue weighted by molar-refractivity contribution is 5.73. The number of esters is 1. The van der Waals surface area contributed by atoms with E-state index in [-0.39, 0.29) is 36.6 Å². The zero-order valence-electron chi connectivity index (χ0n) is 23.8. The molecule has 0 radical (unpaired) electrons. The number of rotatable bonds is 4. The van der Waals surface area contributed by atoms with Gasteiger partial charge in [-0.1, -0.05) is 52.3 Å². The van der Waals surface area contributed by atoms with Crippen LogP contribution in [0.1, 0.15) is 86.0 Å². The Hall–Kier alpha value is -2.19. The molecule has 0 unspecified atom stereocenters. The molecule has 2 aliphatic rings. The predicted molar refractivity (Wildman–Crippen MR) is 146 cm³/mol. The smallest absolute Gasteiger partial charge is 0.308 e. The number of hydrogen-bond acceptors (Lipinski definition) is 6. The van der Waals surface area contributed by atoms with Crippen LogP contribution in [0.2, 0.25) is 0 Å². The molecule has 4 N–H and O–H groups in total. The van der Waals surface area contributed by atoms with E-state index in [4.69, 9.17) is 4.74 Å². The van der Waals surface area contributed by atoms with E-state index in [0.29, 0.717) is 36.7 Å². The first-order valence-electron chi connectivity index (χ1n) is 14.3. The molecule has 1 aliphatic heterocycles. The molecule has 1 saturated carbocycles. The van der Waals surface area contributed by atoms with Crippen molar-refractivity contribution in [2.24, 2.45) is 35.5 Å². The number of amides is 1. The molecule has 1 aliphatic carbocycles. The first-order chi connectivity index (χ1) is 17.9. The lowest BCUT2D eigenvalue weighted by Crippen LogP contribution is -2.34. The second-order valence-corrected chi connectivity index (χ2v) is 12.0. The molecule has 0 aromatic heterocycles. The van der Waals surface area contributed by atoms with Gasteiger partial charge in [0.15, 0.2) is 0 Å². The van der Waals surface area contributed by atoms with Crippen LogP contribution < -0.4 is 5.32 Å². The molecule has 0 aromatic carbocycles. The van der Waals surface area contributed by atoms with Crippen molar-refractivity contribution in [1.82, 2.24) is 5.32 Å². The lowest BCUT2D eigenvalue weighted by molar-refractivity contribution is -0.159. The molecule has 216 valence electrons. The summed E-state index contributed by atoms with van der Waals surface area (Å²) in [6.07, 6.45) is 7.94. The lowest BCUT2D eigenvalue weighted by atomic mass is 9.82. The van der Waals surface area contributed by atoms with Gasteiger partial charge in [0.25, 0.3) is 0 Å². The molecule has 0 aromatic rings. The second kappa shape index (κ2) is 15.4. The van der Waals surface area contributed by atoms with Gasteiger partial charge in [0, 0.05) is 25.8 Å². The minimum atomic E-state index is -0.876. The number of cyclic esters (lactones) is 1. The molecular formula is C30H49NO7. The number of hydrogen-bond donors (Lipinski definition) is 4.